The summed E-state index contributed by atoms with van der Waals surface area (Å²) in [5.41, 5.74) is 10.0. The molecule has 4 N–H and O–H groups in total. The number of para-hydroxylation sites is 1. The summed E-state index contributed by atoms with van der Waals surface area (Å²) in [7, 11) is 0. The number of nitrogens with zero attached hydrogens (tertiary/aromatic N) is 1. The van der Waals surface area contributed by atoms with Crippen LogP contribution >= 0.6 is 11.6 Å². The summed E-state index contributed by atoms with van der Waals surface area (Å²) in [6.45, 7) is 7.35. The number of piperidine rings is 1. The van der Waals surface area contributed by atoms with Crippen LogP contribution in [-0.2, 0) is 9.59 Å². The van der Waals surface area contributed by atoms with Gasteiger partial charge in [0.05, 0.1) is 11.6 Å². The first-order valence-corrected chi connectivity index (χ1v) is 11.2. The minimum atomic E-state index is -0.187. The number of halogens is 1. The molecule has 0 aliphatic carbocycles. The maximum atomic E-state index is 12.4. The van der Waals surface area contributed by atoms with E-state index in [2.05, 4.69) is 15.5 Å². The molecule has 3 rings (SSSR count). The van der Waals surface area contributed by atoms with E-state index in [0.29, 0.717) is 23.0 Å². The molecular weight excluding hydrogens is 428 g/mol. The predicted octanol–water partition coefficient (Wildman–Crippen LogP) is 3.45. The average molecular weight is 459 g/mol. The Balaban J connectivity index is 1.43. The molecule has 0 aromatic heterocycles. The van der Waals surface area contributed by atoms with Gasteiger partial charge in [-0.15, -0.1) is 0 Å². The number of amides is 2. The van der Waals surface area contributed by atoms with Crippen LogP contribution in [-0.4, -0.2) is 49.0 Å². The number of anilines is 2. The lowest BCUT2D eigenvalue weighted by molar-refractivity contribution is -0.124. The summed E-state index contributed by atoms with van der Waals surface area (Å²) in [6, 6.07) is 9.47. The average Bonchev–Trinajstić information content (AvgIpc) is 2.78. The van der Waals surface area contributed by atoms with E-state index in [4.69, 9.17) is 22.1 Å². The van der Waals surface area contributed by atoms with E-state index in [9.17, 15) is 9.59 Å². The summed E-state index contributed by atoms with van der Waals surface area (Å²) in [5, 5.41) is 6.37. The van der Waals surface area contributed by atoms with Crippen LogP contribution in [0.5, 0.6) is 5.75 Å². The van der Waals surface area contributed by atoms with Gasteiger partial charge in [-0.1, -0.05) is 29.8 Å². The molecule has 0 unspecified atom stereocenters. The van der Waals surface area contributed by atoms with Crippen molar-refractivity contribution in [3.63, 3.8) is 0 Å². The first-order chi connectivity index (χ1) is 15.3. The fourth-order valence-electron chi connectivity index (χ4n) is 3.85. The van der Waals surface area contributed by atoms with Crippen molar-refractivity contribution >= 4 is 34.8 Å². The number of nitrogen functional groups attached to an aromatic ring is 1. The fraction of sp³-hybridized carbons (Fsp3) is 0.417. The number of rotatable bonds is 7. The molecule has 172 valence electrons. The predicted molar refractivity (Wildman–Crippen MR) is 128 cm³/mol. The van der Waals surface area contributed by atoms with Gasteiger partial charge in [-0.2, -0.15) is 0 Å². The Hall–Kier alpha value is -2.77. The van der Waals surface area contributed by atoms with Crippen LogP contribution < -0.4 is 21.1 Å². The smallest absolute Gasteiger partial charge is 0.258 e. The number of carbonyl (C=O) groups is 2. The Kier molecular flexibility index (Phi) is 7.99. The van der Waals surface area contributed by atoms with Crippen molar-refractivity contribution in [2.24, 2.45) is 0 Å². The molecule has 1 heterocycles. The summed E-state index contributed by atoms with van der Waals surface area (Å²) in [6.07, 6.45) is 1.56. The second-order valence-electron chi connectivity index (χ2n) is 8.25. The van der Waals surface area contributed by atoms with Crippen molar-refractivity contribution < 1.29 is 14.3 Å². The Morgan fingerprint density at radius 3 is 2.38 bits per heavy atom. The normalized spacial score (nSPS) is 14.8. The molecule has 7 nitrogen and oxygen atoms in total. The Bertz CT molecular complexity index is 944. The third-order valence-electron chi connectivity index (χ3n) is 5.96. The van der Waals surface area contributed by atoms with Crippen molar-refractivity contribution in [2.45, 2.75) is 39.7 Å². The number of hydrogen-bond acceptors (Lipinski definition) is 5. The number of likely N-dealkylation sites (tertiary alicyclic amines) is 1. The topological polar surface area (TPSA) is 96.7 Å². The zero-order chi connectivity index (χ0) is 23.3. The SMILES string of the molecule is Cc1c(C)c(OCC(=O)NC2CCN(CC(=O)Nc3ccccc3)CC2)c(Cl)c(C)c1N. The Morgan fingerprint density at radius 1 is 1.06 bits per heavy atom. The first-order valence-electron chi connectivity index (χ1n) is 10.8. The maximum absolute atomic E-state index is 12.4. The van der Waals surface area contributed by atoms with Crippen molar-refractivity contribution in [1.29, 1.82) is 0 Å². The third kappa shape index (κ3) is 5.93. The van der Waals surface area contributed by atoms with Crippen molar-refractivity contribution in [2.75, 3.05) is 37.3 Å². The molecule has 32 heavy (non-hydrogen) atoms. The highest BCUT2D eigenvalue weighted by molar-refractivity contribution is 6.33. The van der Waals surface area contributed by atoms with Gasteiger partial charge in [0, 0.05) is 30.5 Å². The van der Waals surface area contributed by atoms with Gasteiger partial charge in [0.2, 0.25) is 5.91 Å². The summed E-state index contributed by atoms with van der Waals surface area (Å²) in [5.74, 6) is 0.284. The fourth-order valence-corrected chi connectivity index (χ4v) is 4.14. The number of hydrogen-bond donors (Lipinski definition) is 3. The van der Waals surface area contributed by atoms with Gasteiger partial charge in [0.1, 0.15) is 5.75 Å². The highest BCUT2D eigenvalue weighted by Crippen LogP contribution is 2.38. The van der Waals surface area contributed by atoms with Crippen LogP contribution in [0.3, 0.4) is 0 Å². The second-order valence-corrected chi connectivity index (χ2v) is 8.63. The standard InChI is InChI=1S/C24H31ClN4O3/c1-15-16(2)24(22(25)17(3)23(15)26)32-14-21(31)28-19-9-11-29(12-10-19)13-20(30)27-18-7-5-4-6-8-18/h4-8,19H,9-14,26H2,1-3H3,(H,27,30)(H,28,31). The number of nitrogens with one attached hydrogen (secondary N) is 2. The van der Waals surface area contributed by atoms with Gasteiger partial charge >= 0.3 is 0 Å². The minimum absolute atomic E-state index is 0.0339. The molecule has 1 aliphatic rings. The molecule has 8 heteroatoms. The molecular formula is C24H31ClN4O3. The molecule has 0 atom stereocenters. The third-order valence-corrected chi connectivity index (χ3v) is 6.42. The quantitative estimate of drug-likeness (QED) is 0.552. The lowest BCUT2D eigenvalue weighted by Gasteiger charge is -2.31. The molecule has 0 spiro atoms. The van der Waals surface area contributed by atoms with E-state index in [1.165, 1.54) is 0 Å². The van der Waals surface area contributed by atoms with Crippen LogP contribution in [0.25, 0.3) is 0 Å². The Morgan fingerprint density at radius 2 is 1.72 bits per heavy atom. The summed E-state index contributed by atoms with van der Waals surface area (Å²) >= 11 is 6.38. The van der Waals surface area contributed by atoms with Crippen LogP contribution in [0.1, 0.15) is 29.5 Å². The second kappa shape index (κ2) is 10.7. The molecule has 0 radical (unpaired) electrons. The molecule has 1 aliphatic heterocycles. The first kappa shape index (κ1) is 23.9. The van der Waals surface area contributed by atoms with Gasteiger partial charge in [0.25, 0.3) is 5.91 Å². The van der Waals surface area contributed by atoms with Crippen LogP contribution in [0, 0.1) is 20.8 Å². The van der Waals surface area contributed by atoms with E-state index in [0.717, 1.165) is 48.3 Å². The van der Waals surface area contributed by atoms with Gasteiger partial charge in [-0.05, 0) is 62.4 Å². The highest BCUT2D eigenvalue weighted by Gasteiger charge is 2.23. The largest absolute Gasteiger partial charge is 0.482 e. The molecule has 1 fully saturated rings. The summed E-state index contributed by atoms with van der Waals surface area (Å²) < 4.78 is 5.76. The van der Waals surface area contributed by atoms with Crippen LogP contribution in [0.15, 0.2) is 30.3 Å². The minimum Gasteiger partial charge on any atom is -0.482 e. The number of benzene rings is 2. The zero-order valence-corrected chi connectivity index (χ0v) is 19.6. The van der Waals surface area contributed by atoms with Crippen molar-refractivity contribution in [3.05, 3.63) is 52.0 Å². The molecule has 0 bridgehead atoms. The lowest BCUT2D eigenvalue weighted by Crippen LogP contribution is -2.47. The van der Waals surface area contributed by atoms with Crippen LogP contribution in [0.2, 0.25) is 5.02 Å². The van der Waals surface area contributed by atoms with E-state index in [1.54, 1.807) is 0 Å². The molecule has 2 aromatic rings. The van der Waals surface area contributed by atoms with Gasteiger partial charge in [-0.25, -0.2) is 0 Å². The van der Waals surface area contributed by atoms with E-state index >= 15 is 0 Å². The molecule has 1 saturated heterocycles. The van der Waals surface area contributed by atoms with Crippen molar-refractivity contribution in [3.8, 4) is 5.75 Å². The van der Waals surface area contributed by atoms with Gasteiger partial charge in [-0.3, -0.25) is 14.5 Å². The van der Waals surface area contributed by atoms with Crippen LogP contribution in [0.4, 0.5) is 11.4 Å². The van der Waals surface area contributed by atoms with E-state index in [1.807, 2.05) is 51.1 Å². The molecule has 2 amide bonds. The van der Waals surface area contributed by atoms with Gasteiger partial charge in [0.15, 0.2) is 6.61 Å². The highest BCUT2D eigenvalue weighted by atomic mass is 35.5. The van der Waals surface area contributed by atoms with Gasteiger partial charge < -0.3 is 21.1 Å². The van der Waals surface area contributed by atoms with E-state index < -0.39 is 0 Å². The van der Waals surface area contributed by atoms with Crippen molar-refractivity contribution in [1.82, 2.24) is 10.2 Å². The molecule has 2 aromatic carbocycles. The Labute approximate surface area is 194 Å². The lowest BCUT2D eigenvalue weighted by atomic mass is 10.0. The number of ether oxygens (including phenoxy) is 1. The summed E-state index contributed by atoms with van der Waals surface area (Å²) in [4.78, 5) is 26.7. The zero-order valence-electron chi connectivity index (χ0n) is 18.8. The number of carbonyl (C=O) groups excluding carboxylic acids is 2. The number of nitrogens with two attached hydrogens (primary N) is 1. The van der Waals surface area contributed by atoms with E-state index in [-0.39, 0.29) is 24.5 Å². The monoisotopic (exact) mass is 458 g/mol. The molecule has 0 saturated carbocycles. The maximum Gasteiger partial charge on any atom is 0.258 e.